The third kappa shape index (κ3) is 9.10. The Morgan fingerprint density at radius 3 is 2.51 bits per heavy atom. The van der Waals surface area contributed by atoms with Crippen LogP contribution in [0.2, 0.25) is 0 Å². The molecule has 0 aromatic heterocycles. The van der Waals surface area contributed by atoms with Crippen molar-refractivity contribution in [2.45, 2.75) is 19.8 Å². The summed E-state index contributed by atoms with van der Waals surface area (Å²) >= 11 is 0. The monoisotopic (exact) mass is 577 g/mol. The molecule has 2 aromatic carbocycles. The molecule has 0 fully saturated rings. The van der Waals surface area contributed by atoms with Crippen LogP contribution < -0.4 is 32.2 Å². The van der Waals surface area contributed by atoms with Crippen LogP contribution in [0.5, 0.6) is 5.75 Å². The van der Waals surface area contributed by atoms with E-state index < -0.39 is 11.9 Å². The highest BCUT2D eigenvalue weighted by Gasteiger charge is 2.23. The molecule has 210 valence electrons. The summed E-state index contributed by atoms with van der Waals surface area (Å²) in [6.07, 6.45) is 3.78. The molecule has 8 N–H and O–H groups in total. The Morgan fingerprint density at radius 2 is 1.87 bits per heavy atom. The maximum atomic E-state index is 13.3. The number of nitrogen functional groups attached to an aromatic ring is 1. The Balaban J connectivity index is 0.00000380. The molecule has 3 rings (SSSR count). The van der Waals surface area contributed by atoms with Crippen LogP contribution in [0.1, 0.15) is 24.5 Å². The van der Waals surface area contributed by atoms with E-state index >= 15 is 0 Å². The Bertz CT molecular complexity index is 1340. The van der Waals surface area contributed by atoms with E-state index in [1.54, 1.807) is 49.5 Å². The largest absolute Gasteiger partial charge is 0.423 e. The molecule has 1 aliphatic rings. The minimum absolute atomic E-state index is 0. The number of nitrogens with two attached hydrogens (primary N) is 2. The minimum atomic E-state index is -0.599. The van der Waals surface area contributed by atoms with Crippen LogP contribution in [0.25, 0.3) is 10.8 Å². The van der Waals surface area contributed by atoms with Crippen molar-refractivity contribution in [3.05, 3.63) is 64.9 Å². The van der Waals surface area contributed by atoms with Crippen LogP contribution in [-0.4, -0.2) is 56.1 Å². The highest BCUT2D eigenvalue weighted by atomic mass is 35.5. The van der Waals surface area contributed by atoms with Gasteiger partial charge in [0.1, 0.15) is 11.6 Å². The number of amides is 2. The number of aliphatic imine (C=N–C) groups is 1. The molecular formula is C26H33Cl2N7O4. The summed E-state index contributed by atoms with van der Waals surface area (Å²) in [5.74, 6) is -1.16. The Morgan fingerprint density at radius 1 is 1.13 bits per heavy atom. The van der Waals surface area contributed by atoms with Crippen molar-refractivity contribution in [2.75, 3.05) is 26.8 Å². The van der Waals surface area contributed by atoms with Crippen LogP contribution in [-0.2, 0) is 20.8 Å². The molecule has 1 aliphatic carbocycles. The number of nitrogens with one attached hydrogen (secondary N) is 4. The molecule has 0 bridgehead atoms. The maximum Gasteiger partial charge on any atom is 0.345 e. The number of allylic oxidation sites excluding steroid dienone is 2. The molecule has 0 atom stereocenters. The number of carbonyl (C=O) groups is 3. The number of primary amides is 1. The molecular weight excluding hydrogens is 545 g/mol. The maximum absolute atomic E-state index is 13.3. The van der Waals surface area contributed by atoms with Crippen LogP contribution >= 0.6 is 24.8 Å². The Hall–Kier alpha value is -3.93. The lowest BCUT2D eigenvalue weighted by atomic mass is 9.98. The molecule has 11 nitrogen and oxygen atoms in total. The van der Waals surface area contributed by atoms with Crippen molar-refractivity contribution in [3.8, 4) is 5.75 Å². The van der Waals surface area contributed by atoms with Gasteiger partial charge in [0.15, 0.2) is 0 Å². The number of nitrogens with zero attached hydrogens (tertiary/aromatic N) is 1. The van der Waals surface area contributed by atoms with Gasteiger partial charge < -0.3 is 32.2 Å². The average molecular weight is 579 g/mol. The van der Waals surface area contributed by atoms with Crippen molar-refractivity contribution < 1.29 is 19.1 Å². The lowest BCUT2D eigenvalue weighted by Crippen LogP contribution is -2.31. The van der Waals surface area contributed by atoms with Gasteiger partial charge in [-0.2, -0.15) is 0 Å². The summed E-state index contributed by atoms with van der Waals surface area (Å²) in [6, 6.07) is 8.46. The second-order valence-electron chi connectivity index (χ2n) is 8.37. The normalized spacial score (nSPS) is 13.3. The summed E-state index contributed by atoms with van der Waals surface area (Å²) in [5.41, 5.74) is 13.7. The second-order valence-corrected chi connectivity index (χ2v) is 8.37. The fourth-order valence-electron chi connectivity index (χ4n) is 3.83. The molecule has 39 heavy (non-hydrogen) atoms. The van der Waals surface area contributed by atoms with E-state index in [4.69, 9.17) is 21.6 Å². The van der Waals surface area contributed by atoms with Crippen molar-refractivity contribution in [1.82, 2.24) is 16.0 Å². The number of ether oxygens (including phenoxy) is 1. The van der Waals surface area contributed by atoms with Gasteiger partial charge in [0.05, 0.1) is 30.9 Å². The number of halogens is 2. The highest BCUT2D eigenvalue weighted by molar-refractivity contribution is 6.05. The molecule has 0 heterocycles. The van der Waals surface area contributed by atoms with Crippen molar-refractivity contribution >= 4 is 64.9 Å². The zero-order valence-corrected chi connectivity index (χ0v) is 23.3. The third-order valence-corrected chi connectivity index (χ3v) is 5.55. The predicted octanol–water partition coefficient (Wildman–Crippen LogP) is 1.46. The number of hydrogen-bond acceptors (Lipinski definition) is 8. The van der Waals surface area contributed by atoms with Crippen LogP contribution in [0, 0.1) is 5.41 Å². The summed E-state index contributed by atoms with van der Waals surface area (Å²) in [6.45, 7) is 2.68. The molecule has 0 saturated heterocycles. The topological polar surface area (TPSA) is 185 Å². The zero-order chi connectivity index (χ0) is 26.9. The predicted molar refractivity (Wildman–Crippen MR) is 157 cm³/mol. The first kappa shape index (κ1) is 33.1. The first-order valence-electron chi connectivity index (χ1n) is 11.7. The molecule has 0 spiro atoms. The number of fused-ring (bicyclic) bond motifs is 1. The van der Waals surface area contributed by atoms with Gasteiger partial charge in [-0.1, -0.05) is 24.3 Å². The van der Waals surface area contributed by atoms with E-state index in [0.29, 0.717) is 54.0 Å². The summed E-state index contributed by atoms with van der Waals surface area (Å²) in [5, 5.41) is 17.9. The number of benzene rings is 2. The van der Waals surface area contributed by atoms with Gasteiger partial charge in [0, 0.05) is 36.7 Å². The molecule has 0 saturated carbocycles. The third-order valence-electron chi connectivity index (χ3n) is 5.55. The van der Waals surface area contributed by atoms with E-state index in [1.807, 2.05) is 0 Å². The van der Waals surface area contributed by atoms with Gasteiger partial charge in [-0.15, -0.1) is 24.8 Å². The number of rotatable bonds is 11. The minimum Gasteiger partial charge on any atom is -0.423 e. The van der Waals surface area contributed by atoms with Crippen molar-refractivity contribution in [1.29, 1.82) is 5.41 Å². The summed E-state index contributed by atoms with van der Waals surface area (Å²) in [4.78, 5) is 40.6. The first-order chi connectivity index (χ1) is 17.7. The van der Waals surface area contributed by atoms with Gasteiger partial charge in [-0.25, -0.2) is 4.79 Å². The van der Waals surface area contributed by atoms with Crippen molar-refractivity contribution in [2.24, 2.45) is 16.5 Å². The quantitative estimate of drug-likeness (QED) is 0.0582. The average Bonchev–Trinajstić information content (AvgIpc) is 2.86. The number of hydrogen-bond donors (Lipinski definition) is 6. The van der Waals surface area contributed by atoms with Crippen LogP contribution in [0.4, 0.5) is 0 Å². The van der Waals surface area contributed by atoms with Gasteiger partial charge in [0.25, 0.3) is 0 Å². The Labute approximate surface area is 238 Å². The molecule has 0 aliphatic heterocycles. The SMILES string of the molecule is CNCNC1=CC(=NCCNC(C)=O)CC=C1C(=O)Oc1ccc2cc(C(=N)N)ccc2c1CC(N)=O.Cl.Cl. The van der Waals surface area contributed by atoms with E-state index in [-0.39, 0.29) is 48.7 Å². The lowest BCUT2D eigenvalue weighted by Gasteiger charge is -2.19. The summed E-state index contributed by atoms with van der Waals surface area (Å²) in [7, 11) is 1.77. The van der Waals surface area contributed by atoms with E-state index in [0.717, 1.165) is 11.1 Å². The van der Waals surface area contributed by atoms with E-state index in [1.165, 1.54) is 6.92 Å². The lowest BCUT2D eigenvalue weighted by molar-refractivity contribution is -0.130. The fourth-order valence-corrected chi connectivity index (χ4v) is 3.83. The van der Waals surface area contributed by atoms with Gasteiger partial charge in [-0.05, 0) is 36.0 Å². The summed E-state index contributed by atoms with van der Waals surface area (Å²) < 4.78 is 5.77. The molecule has 13 heteroatoms. The smallest absolute Gasteiger partial charge is 0.345 e. The van der Waals surface area contributed by atoms with Gasteiger partial charge in [-0.3, -0.25) is 20.0 Å². The second kappa shape index (κ2) is 15.5. The number of carbonyl (C=O) groups excluding carboxylic acids is 3. The number of esters is 1. The fraction of sp³-hybridized carbons (Fsp3) is 0.269. The first-order valence-corrected chi connectivity index (χ1v) is 11.7. The molecule has 2 amide bonds. The van der Waals surface area contributed by atoms with Crippen LogP contribution in [0.3, 0.4) is 0 Å². The van der Waals surface area contributed by atoms with Crippen LogP contribution in [0.15, 0.2) is 58.7 Å². The highest BCUT2D eigenvalue weighted by Crippen LogP contribution is 2.31. The van der Waals surface area contributed by atoms with E-state index in [9.17, 15) is 14.4 Å². The Kier molecular flexibility index (Phi) is 13.1. The molecule has 0 unspecified atom stereocenters. The molecule has 2 aromatic rings. The zero-order valence-electron chi connectivity index (χ0n) is 21.6. The van der Waals surface area contributed by atoms with Crippen molar-refractivity contribution in [3.63, 3.8) is 0 Å². The number of amidine groups is 1. The van der Waals surface area contributed by atoms with Gasteiger partial charge in [0.2, 0.25) is 11.8 Å². The van der Waals surface area contributed by atoms with Gasteiger partial charge >= 0.3 is 5.97 Å². The molecule has 0 radical (unpaired) electrons. The standard InChI is InChI=1S/C26H31N7O4.2ClH/c1-15(34)31-9-10-32-18-5-7-20(22(12-18)33-14-30-2)26(36)37-23-8-4-16-11-17(25(28)29)3-6-19(16)21(23)13-24(27)35;;/h3-4,6-8,11-12,30,33H,5,9-10,13-14H2,1-2H3,(H2,27,35)(H3,28,29)(H,31,34);2*1H. The van der Waals surface area contributed by atoms with E-state index in [2.05, 4.69) is 20.9 Å².